The highest BCUT2D eigenvalue weighted by Gasteiger charge is 2.57. The van der Waals surface area contributed by atoms with Crippen molar-refractivity contribution in [3.8, 4) is 0 Å². The van der Waals surface area contributed by atoms with E-state index in [4.69, 9.17) is 14.2 Å². The molecule has 0 radical (unpaired) electrons. The number of methoxy groups -OCH3 is 3. The zero-order valence-corrected chi connectivity index (χ0v) is 21.3. The van der Waals surface area contributed by atoms with E-state index in [1.54, 1.807) is 6.08 Å². The number of rotatable bonds is 13. The Labute approximate surface area is 203 Å². The van der Waals surface area contributed by atoms with Crippen molar-refractivity contribution in [1.29, 1.82) is 0 Å². The summed E-state index contributed by atoms with van der Waals surface area (Å²) in [4.78, 5) is 52.2. The molecule has 0 aromatic rings. The van der Waals surface area contributed by atoms with E-state index >= 15 is 0 Å². The second kappa shape index (κ2) is 13.4. The minimum Gasteiger partial charge on any atom is -0.469 e. The number of ketones is 1. The van der Waals surface area contributed by atoms with Crippen molar-refractivity contribution in [2.45, 2.75) is 78.1 Å². The predicted molar refractivity (Wildman–Crippen MR) is 128 cm³/mol. The van der Waals surface area contributed by atoms with Crippen LogP contribution >= 0.6 is 0 Å². The molecular weight excluding hydrogens is 436 g/mol. The molecule has 0 heterocycles. The standard InChI is InChI=1S/C27H40O7/c1-6-8-10-12-14-17-16-19(25(29)32-3)22-21(20(17)26(30)33-4)18(15-13-11-9-7-2)23(24(22)28)27(31)34-5/h16,19-22H,6-15H2,1-5H3/t19-,20-,21-,22+/m1/s1. The van der Waals surface area contributed by atoms with Crippen molar-refractivity contribution in [1.82, 2.24) is 0 Å². The lowest BCUT2D eigenvalue weighted by Gasteiger charge is -2.37. The van der Waals surface area contributed by atoms with Crippen molar-refractivity contribution in [3.63, 3.8) is 0 Å². The van der Waals surface area contributed by atoms with Crippen molar-refractivity contribution in [2.24, 2.45) is 23.7 Å². The van der Waals surface area contributed by atoms with Crippen molar-refractivity contribution < 1.29 is 33.4 Å². The number of esters is 3. The number of unbranched alkanes of at least 4 members (excludes halogenated alkanes) is 6. The van der Waals surface area contributed by atoms with Gasteiger partial charge in [0.15, 0.2) is 5.78 Å². The summed E-state index contributed by atoms with van der Waals surface area (Å²) in [7, 11) is 3.87. The van der Waals surface area contributed by atoms with Crippen LogP contribution in [-0.2, 0) is 33.4 Å². The Morgan fingerprint density at radius 2 is 1.35 bits per heavy atom. The zero-order valence-electron chi connectivity index (χ0n) is 21.3. The molecule has 0 unspecified atom stereocenters. The minimum absolute atomic E-state index is 0.00237. The third kappa shape index (κ3) is 5.97. The van der Waals surface area contributed by atoms with Gasteiger partial charge in [0, 0.05) is 11.8 Å². The van der Waals surface area contributed by atoms with E-state index in [1.807, 2.05) is 0 Å². The Hall–Kier alpha value is -2.44. The highest BCUT2D eigenvalue weighted by molar-refractivity contribution is 6.22. The summed E-state index contributed by atoms with van der Waals surface area (Å²) in [6.45, 7) is 4.24. The maximum Gasteiger partial charge on any atom is 0.341 e. The van der Waals surface area contributed by atoms with Gasteiger partial charge in [-0.2, -0.15) is 0 Å². The first-order valence-corrected chi connectivity index (χ1v) is 12.6. The molecule has 2 aliphatic carbocycles. The van der Waals surface area contributed by atoms with Crippen LogP contribution in [0.1, 0.15) is 78.1 Å². The molecule has 34 heavy (non-hydrogen) atoms. The van der Waals surface area contributed by atoms with Gasteiger partial charge >= 0.3 is 17.9 Å². The number of Topliss-reactive ketones (excluding diaryl/α,β-unsaturated/α-hetero) is 1. The van der Waals surface area contributed by atoms with E-state index in [2.05, 4.69) is 13.8 Å². The van der Waals surface area contributed by atoms with Crippen LogP contribution in [0.15, 0.2) is 22.8 Å². The number of hydrogen-bond donors (Lipinski definition) is 0. The van der Waals surface area contributed by atoms with Gasteiger partial charge in [0.1, 0.15) is 5.57 Å². The maximum atomic E-state index is 13.6. The lowest BCUT2D eigenvalue weighted by Crippen LogP contribution is -2.43. The fourth-order valence-corrected chi connectivity index (χ4v) is 5.47. The van der Waals surface area contributed by atoms with E-state index < -0.39 is 47.4 Å². The van der Waals surface area contributed by atoms with Gasteiger partial charge in [-0.1, -0.05) is 64.0 Å². The molecule has 0 aliphatic heterocycles. The van der Waals surface area contributed by atoms with Gasteiger partial charge in [-0.25, -0.2) is 4.79 Å². The number of carbonyl (C=O) groups excluding carboxylic acids is 4. The molecule has 4 atom stereocenters. The molecule has 0 aromatic heterocycles. The maximum absolute atomic E-state index is 13.6. The largest absolute Gasteiger partial charge is 0.469 e. The highest BCUT2D eigenvalue weighted by Crippen LogP contribution is 2.52. The van der Waals surface area contributed by atoms with E-state index in [-0.39, 0.29) is 5.57 Å². The molecule has 0 bridgehead atoms. The van der Waals surface area contributed by atoms with Gasteiger partial charge in [-0.05, 0) is 31.3 Å². The lowest BCUT2D eigenvalue weighted by molar-refractivity contribution is -0.153. The topological polar surface area (TPSA) is 96.0 Å². The number of carbonyl (C=O) groups is 4. The number of fused-ring (bicyclic) bond motifs is 1. The monoisotopic (exact) mass is 476 g/mol. The molecule has 2 rings (SSSR count). The first kappa shape index (κ1) is 27.8. The van der Waals surface area contributed by atoms with Crippen LogP contribution in [0.5, 0.6) is 0 Å². The van der Waals surface area contributed by atoms with Gasteiger partial charge < -0.3 is 14.2 Å². The quantitative estimate of drug-likeness (QED) is 0.125. The normalized spacial score (nSPS) is 23.9. The summed E-state index contributed by atoms with van der Waals surface area (Å²) in [5, 5.41) is 0. The molecule has 0 spiro atoms. The summed E-state index contributed by atoms with van der Waals surface area (Å²) < 4.78 is 15.2. The SMILES string of the molecule is CCCCCCC1=C[C@@H](C(=O)OC)[C@@H]2C(=O)C(C(=O)OC)=C(CCCCCC)[C@@H]2[C@@H]1C(=O)OC. The Balaban J connectivity index is 2.59. The summed E-state index contributed by atoms with van der Waals surface area (Å²) in [6, 6.07) is 0. The average molecular weight is 477 g/mol. The van der Waals surface area contributed by atoms with Crippen LogP contribution in [0, 0.1) is 23.7 Å². The van der Waals surface area contributed by atoms with Crippen LogP contribution in [0.25, 0.3) is 0 Å². The van der Waals surface area contributed by atoms with Gasteiger partial charge in [0.25, 0.3) is 0 Å². The first-order valence-electron chi connectivity index (χ1n) is 12.6. The predicted octanol–water partition coefficient (Wildman–Crippen LogP) is 4.73. The van der Waals surface area contributed by atoms with E-state index in [0.717, 1.165) is 56.9 Å². The number of ether oxygens (including phenoxy) is 3. The number of allylic oxidation sites excluding steroid dienone is 1. The second-order valence-corrected chi connectivity index (χ2v) is 9.22. The van der Waals surface area contributed by atoms with E-state index in [0.29, 0.717) is 18.4 Å². The Kier molecular flexibility index (Phi) is 11.0. The zero-order chi connectivity index (χ0) is 25.3. The van der Waals surface area contributed by atoms with Gasteiger partial charge in [-0.3, -0.25) is 14.4 Å². The fourth-order valence-electron chi connectivity index (χ4n) is 5.47. The van der Waals surface area contributed by atoms with E-state index in [1.165, 1.54) is 21.3 Å². The highest BCUT2D eigenvalue weighted by atomic mass is 16.5. The molecule has 0 N–H and O–H groups in total. The summed E-state index contributed by atoms with van der Waals surface area (Å²) in [5.41, 5.74) is 1.42. The molecule has 190 valence electrons. The fraction of sp³-hybridized carbons (Fsp3) is 0.704. The van der Waals surface area contributed by atoms with E-state index in [9.17, 15) is 19.2 Å². The van der Waals surface area contributed by atoms with Gasteiger partial charge in [-0.15, -0.1) is 0 Å². The Bertz CT molecular complexity index is 823. The van der Waals surface area contributed by atoms with Crippen LogP contribution in [0.4, 0.5) is 0 Å². The van der Waals surface area contributed by atoms with Gasteiger partial charge in [0.2, 0.25) is 0 Å². The first-order chi connectivity index (χ1) is 16.4. The molecule has 2 aliphatic rings. The van der Waals surface area contributed by atoms with Crippen LogP contribution in [0.2, 0.25) is 0 Å². The lowest BCUT2D eigenvalue weighted by atomic mass is 9.65. The molecule has 0 aromatic carbocycles. The molecule has 7 nitrogen and oxygen atoms in total. The van der Waals surface area contributed by atoms with Crippen molar-refractivity contribution in [2.75, 3.05) is 21.3 Å². The summed E-state index contributed by atoms with van der Waals surface area (Å²) >= 11 is 0. The third-order valence-electron chi connectivity index (χ3n) is 7.14. The molecule has 7 heteroatoms. The third-order valence-corrected chi connectivity index (χ3v) is 7.14. The molecule has 0 fully saturated rings. The Morgan fingerprint density at radius 1 is 0.765 bits per heavy atom. The average Bonchev–Trinajstić information content (AvgIpc) is 3.14. The Morgan fingerprint density at radius 3 is 1.88 bits per heavy atom. The summed E-state index contributed by atoms with van der Waals surface area (Å²) in [6.07, 6.45) is 10.7. The molecule has 0 saturated carbocycles. The smallest absolute Gasteiger partial charge is 0.341 e. The van der Waals surface area contributed by atoms with Crippen LogP contribution in [0.3, 0.4) is 0 Å². The van der Waals surface area contributed by atoms with Crippen molar-refractivity contribution >= 4 is 23.7 Å². The number of hydrogen-bond acceptors (Lipinski definition) is 7. The van der Waals surface area contributed by atoms with Crippen LogP contribution < -0.4 is 0 Å². The van der Waals surface area contributed by atoms with Crippen molar-refractivity contribution in [3.05, 3.63) is 22.8 Å². The minimum atomic E-state index is -0.869. The molecule has 0 amide bonds. The second-order valence-electron chi connectivity index (χ2n) is 9.22. The molecular formula is C27H40O7. The summed E-state index contributed by atoms with van der Waals surface area (Å²) in [5.74, 6) is -5.15. The van der Waals surface area contributed by atoms with Crippen LogP contribution in [-0.4, -0.2) is 45.0 Å². The molecule has 0 saturated heterocycles. The van der Waals surface area contributed by atoms with Gasteiger partial charge in [0.05, 0.1) is 33.2 Å².